The summed E-state index contributed by atoms with van der Waals surface area (Å²) in [7, 11) is 4.98. The molecule has 6 heteroatoms. The number of nitrogens with zero attached hydrogens (tertiary/aromatic N) is 4. The van der Waals surface area contributed by atoms with Gasteiger partial charge >= 0.3 is 5.97 Å². The van der Waals surface area contributed by atoms with E-state index in [0.717, 1.165) is 0 Å². The smallest absolute Gasteiger partial charge is 0.310 e. The number of rotatable bonds is 4. The molecule has 0 saturated carbocycles. The van der Waals surface area contributed by atoms with Crippen LogP contribution >= 0.6 is 0 Å². The summed E-state index contributed by atoms with van der Waals surface area (Å²) in [5.74, 6) is 0.187. The molecule has 0 aliphatic rings. The van der Waals surface area contributed by atoms with Crippen LogP contribution in [0.5, 0.6) is 0 Å². The van der Waals surface area contributed by atoms with Crippen molar-refractivity contribution in [3.05, 3.63) is 11.3 Å². The average molecular weight is 250 g/mol. The first-order valence-corrected chi connectivity index (χ1v) is 5.65. The van der Waals surface area contributed by atoms with Crippen LogP contribution < -0.4 is 4.90 Å². The Morgan fingerprint density at radius 1 is 1.67 bits per heavy atom. The molecule has 1 heterocycles. The molecule has 1 atom stereocenters. The Morgan fingerprint density at radius 3 is 2.78 bits per heavy atom. The number of aromatic nitrogens is 2. The van der Waals surface area contributed by atoms with Gasteiger partial charge in [-0.05, 0) is 6.92 Å². The number of hydrogen-bond acceptors (Lipinski definition) is 5. The van der Waals surface area contributed by atoms with Gasteiger partial charge in [-0.25, -0.2) is 0 Å². The molecule has 18 heavy (non-hydrogen) atoms. The number of aryl methyl sites for hydroxylation is 2. The van der Waals surface area contributed by atoms with Crippen LogP contribution in [0.1, 0.15) is 18.2 Å². The van der Waals surface area contributed by atoms with E-state index in [2.05, 4.69) is 15.9 Å². The number of ether oxygens (including phenoxy) is 1. The van der Waals surface area contributed by atoms with E-state index in [-0.39, 0.29) is 11.9 Å². The zero-order chi connectivity index (χ0) is 13.9. The normalized spacial score (nSPS) is 11.8. The van der Waals surface area contributed by atoms with E-state index in [1.165, 1.54) is 7.11 Å². The van der Waals surface area contributed by atoms with Gasteiger partial charge in [0, 0.05) is 20.6 Å². The lowest BCUT2D eigenvalue weighted by Gasteiger charge is -2.22. The molecule has 0 bridgehead atoms. The van der Waals surface area contributed by atoms with Gasteiger partial charge in [-0.1, -0.05) is 6.92 Å². The fourth-order valence-corrected chi connectivity index (χ4v) is 1.99. The molecular formula is C12H18N4O2. The molecule has 1 aromatic heterocycles. The monoisotopic (exact) mass is 250 g/mol. The predicted molar refractivity (Wildman–Crippen MR) is 67.1 cm³/mol. The SMILES string of the molecule is COC(=O)C(C)CN(C)c1c(C#N)c(C)nn1C. The Bertz CT molecular complexity index is 487. The summed E-state index contributed by atoms with van der Waals surface area (Å²) in [5, 5.41) is 13.3. The third-order valence-electron chi connectivity index (χ3n) is 2.82. The summed E-state index contributed by atoms with van der Waals surface area (Å²) in [6.45, 7) is 4.05. The van der Waals surface area contributed by atoms with Crippen molar-refractivity contribution in [2.45, 2.75) is 13.8 Å². The average Bonchev–Trinajstić information content (AvgIpc) is 2.61. The Labute approximate surface area is 107 Å². The predicted octanol–water partition coefficient (Wildman–Crippen LogP) is 0.845. The molecule has 1 rings (SSSR count). The van der Waals surface area contributed by atoms with E-state index >= 15 is 0 Å². The first-order valence-electron chi connectivity index (χ1n) is 5.65. The third-order valence-corrected chi connectivity index (χ3v) is 2.82. The number of carbonyl (C=O) groups is 1. The second-order valence-electron chi connectivity index (χ2n) is 4.32. The molecule has 0 radical (unpaired) electrons. The summed E-state index contributed by atoms with van der Waals surface area (Å²) in [4.78, 5) is 13.2. The maximum atomic E-state index is 11.4. The van der Waals surface area contributed by atoms with Crippen molar-refractivity contribution in [3.63, 3.8) is 0 Å². The second-order valence-corrected chi connectivity index (χ2v) is 4.32. The Hall–Kier alpha value is -2.03. The van der Waals surface area contributed by atoms with Gasteiger partial charge in [0.2, 0.25) is 0 Å². The molecule has 1 aromatic rings. The van der Waals surface area contributed by atoms with Crippen LogP contribution in [-0.4, -0.2) is 36.5 Å². The lowest BCUT2D eigenvalue weighted by atomic mass is 10.1. The van der Waals surface area contributed by atoms with Gasteiger partial charge in [0.25, 0.3) is 0 Å². The minimum atomic E-state index is -0.265. The van der Waals surface area contributed by atoms with Crippen LogP contribution in [0, 0.1) is 24.2 Å². The van der Waals surface area contributed by atoms with E-state index in [4.69, 9.17) is 5.26 Å². The number of methoxy groups -OCH3 is 1. The lowest BCUT2D eigenvalue weighted by Crippen LogP contribution is -2.31. The van der Waals surface area contributed by atoms with Crippen LogP contribution in [-0.2, 0) is 16.6 Å². The molecule has 0 saturated heterocycles. The van der Waals surface area contributed by atoms with E-state index in [1.54, 1.807) is 25.6 Å². The summed E-state index contributed by atoms with van der Waals surface area (Å²) in [6.07, 6.45) is 0. The number of hydrogen-bond donors (Lipinski definition) is 0. The van der Waals surface area contributed by atoms with Gasteiger partial charge in [-0.3, -0.25) is 9.48 Å². The summed E-state index contributed by atoms with van der Waals surface area (Å²) in [6, 6.07) is 2.14. The van der Waals surface area contributed by atoms with Crippen LogP contribution in [0.15, 0.2) is 0 Å². The highest BCUT2D eigenvalue weighted by atomic mass is 16.5. The van der Waals surface area contributed by atoms with Crippen molar-refractivity contribution in [1.29, 1.82) is 5.26 Å². The van der Waals surface area contributed by atoms with Crippen LogP contribution in [0.25, 0.3) is 0 Å². The molecule has 98 valence electrons. The highest BCUT2D eigenvalue weighted by Gasteiger charge is 2.21. The van der Waals surface area contributed by atoms with Crippen molar-refractivity contribution in [2.75, 3.05) is 25.6 Å². The number of anilines is 1. The molecule has 0 amide bonds. The molecule has 0 aromatic carbocycles. The van der Waals surface area contributed by atoms with Crippen molar-refractivity contribution in [3.8, 4) is 6.07 Å². The summed E-state index contributed by atoms with van der Waals surface area (Å²) in [5.41, 5.74) is 1.23. The molecule has 0 fully saturated rings. The fraction of sp³-hybridized carbons (Fsp3) is 0.583. The van der Waals surface area contributed by atoms with Crippen molar-refractivity contribution in [1.82, 2.24) is 9.78 Å². The fourth-order valence-electron chi connectivity index (χ4n) is 1.99. The third kappa shape index (κ3) is 2.62. The zero-order valence-electron chi connectivity index (χ0n) is 11.4. The summed E-state index contributed by atoms with van der Waals surface area (Å²) >= 11 is 0. The van der Waals surface area contributed by atoms with E-state index in [1.807, 2.05) is 11.9 Å². The highest BCUT2D eigenvalue weighted by Crippen LogP contribution is 2.21. The van der Waals surface area contributed by atoms with Gasteiger partial charge in [0.15, 0.2) is 0 Å². The minimum Gasteiger partial charge on any atom is -0.469 e. The number of nitriles is 1. The Balaban J connectivity index is 2.95. The highest BCUT2D eigenvalue weighted by molar-refractivity contribution is 5.72. The standard InChI is InChI=1S/C12H18N4O2/c1-8(12(17)18-5)7-15(3)11-10(6-13)9(2)14-16(11)4/h8H,7H2,1-5H3. The van der Waals surface area contributed by atoms with Crippen LogP contribution in [0.3, 0.4) is 0 Å². The first kappa shape index (κ1) is 14.0. The van der Waals surface area contributed by atoms with Crippen molar-refractivity contribution in [2.24, 2.45) is 13.0 Å². The maximum Gasteiger partial charge on any atom is 0.310 e. The number of esters is 1. The Kier molecular flexibility index (Phi) is 4.32. The summed E-state index contributed by atoms with van der Waals surface area (Å²) < 4.78 is 6.34. The molecule has 0 N–H and O–H groups in total. The molecule has 0 aliphatic carbocycles. The molecule has 0 aliphatic heterocycles. The number of carbonyl (C=O) groups excluding carboxylic acids is 1. The van der Waals surface area contributed by atoms with Gasteiger partial charge in [-0.2, -0.15) is 10.4 Å². The van der Waals surface area contributed by atoms with Gasteiger partial charge in [0.1, 0.15) is 17.5 Å². The van der Waals surface area contributed by atoms with E-state index in [0.29, 0.717) is 23.6 Å². The zero-order valence-corrected chi connectivity index (χ0v) is 11.4. The second kappa shape index (κ2) is 5.54. The quantitative estimate of drug-likeness (QED) is 0.741. The van der Waals surface area contributed by atoms with Crippen molar-refractivity contribution < 1.29 is 9.53 Å². The molecular weight excluding hydrogens is 232 g/mol. The first-order chi connectivity index (χ1) is 8.42. The van der Waals surface area contributed by atoms with Crippen LogP contribution in [0.4, 0.5) is 5.82 Å². The van der Waals surface area contributed by atoms with Gasteiger partial charge in [0.05, 0.1) is 18.7 Å². The lowest BCUT2D eigenvalue weighted by molar-refractivity contribution is -0.144. The van der Waals surface area contributed by atoms with E-state index < -0.39 is 0 Å². The Morgan fingerprint density at radius 2 is 2.28 bits per heavy atom. The largest absolute Gasteiger partial charge is 0.469 e. The van der Waals surface area contributed by atoms with Crippen LogP contribution in [0.2, 0.25) is 0 Å². The van der Waals surface area contributed by atoms with Gasteiger partial charge in [-0.15, -0.1) is 0 Å². The topological polar surface area (TPSA) is 71.2 Å². The maximum absolute atomic E-state index is 11.4. The molecule has 6 nitrogen and oxygen atoms in total. The molecule has 1 unspecified atom stereocenters. The van der Waals surface area contributed by atoms with Gasteiger partial charge < -0.3 is 9.64 Å². The molecule has 0 spiro atoms. The minimum absolute atomic E-state index is 0.262. The van der Waals surface area contributed by atoms with Crippen molar-refractivity contribution >= 4 is 11.8 Å². The van der Waals surface area contributed by atoms with E-state index in [9.17, 15) is 4.79 Å².